The first-order chi connectivity index (χ1) is 10.7. The summed E-state index contributed by atoms with van der Waals surface area (Å²) in [7, 11) is 1.92. The summed E-state index contributed by atoms with van der Waals surface area (Å²) in [5.41, 5.74) is 2.84. The highest BCUT2D eigenvalue weighted by Crippen LogP contribution is 2.39. The van der Waals surface area contributed by atoms with Crippen molar-refractivity contribution in [2.45, 2.75) is 31.7 Å². The van der Waals surface area contributed by atoms with E-state index in [1.807, 2.05) is 7.05 Å². The maximum atomic E-state index is 4.82. The number of hydrogen-bond donors (Lipinski definition) is 1. The standard InChI is InChI=1S/C17H19BrN4/c1-19-15-9-16(21-17(20-15)11-2-3-11)22-7-6-12-8-14(18)5-4-13(12)10-22/h4-5,8-9,11H,2-3,6-7,10H2,1H3,(H,19,20,21). The van der Waals surface area contributed by atoms with Gasteiger partial charge in [0.1, 0.15) is 17.5 Å². The Morgan fingerprint density at radius 3 is 2.82 bits per heavy atom. The fourth-order valence-electron chi connectivity index (χ4n) is 2.98. The minimum absolute atomic E-state index is 0.570. The van der Waals surface area contributed by atoms with Crippen LogP contribution in [0.5, 0.6) is 0 Å². The zero-order valence-electron chi connectivity index (χ0n) is 12.6. The average molecular weight is 359 g/mol. The van der Waals surface area contributed by atoms with Crippen LogP contribution in [-0.4, -0.2) is 23.6 Å². The van der Waals surface area contributed by atoms with E-state index in [0.29, 0.717) is 5.92 Å². The first-order valence-electron chi connectivity index (χ1n) is 7.82. The summed E-state index contributed by atoms with van der Waals surface area (Å²) >= 11 is 3.56. The van der Waals surface area contributed by atoms with Gasteiger partial charge >= 0.3 is 0 Å². The molecule has 4 nitrogen and oxygen atoms in total. The van der Waals surface area contributed by atoms with Gasteiger partial charge in [0.15, 0.2) is 0 Å². The van der Waals surface area contributed by atoms with Crippen LogP contribution in [0.25, 0.3) is 0 Å². The van der Waals surface area contributed by atoms with Crippen LogP contribution >= 0.6 is 15.9 Å². The van der Waals surface area contributed by atoms with Crippen molar-refractivity contribution in [2.75, 3.05) is 23.8 Å². The predicted molar refractivity (Wildman–Crippen MR) is 92.4 cm³/mol. The molecule has 0 amide bonds. The van der Waals surface area contributed by atoms with Crippen molar-refractivity contribution < 1.29 is 0 Å². The number of benzene rings is 1. The first-order valence-corrected chi connectivity index (χ1v) is 8.61. The molecule has 2 aromatic rings. The van der Waals surface area contributed by atoms with E-state index in [-0.39, 0.29) is 0 Å². The Bertz CT molecular complexity index is 712. The molecule has 0 unspecified atom stereocenters. The Labute approximate surface area is 139 Å². The molecule has 1 N–H and O–H groups in total. The average Bonchev–Trinajstić information content (AvgIpc) is 3.39. The van der Waals surface area contributed by atoms with E-state index >= 15 is 0 Å². The van der Waals surface area contributed by atoms with Gasteiger partial charge < -0.3 is 10.2 Å². The Balaban J connectivity index is 1.65. The van der Waals surface area contributed by atoms with Gasteiger partial charge in [0.05, 0.1) is 0 Å². The van der Waals surface area contributed by atoms with Crippen molar-refractivity contribution in [3.05, 3.63) is 45.7 Å². The molecule has 0 bridgehead atoms. The molecule has 1 aromatic carbocycles. The smallest absolute Gasteiger partial charge is 0.136 e. The molecule has 0 atom stereocenters. The largest absolute Gasteiger partial charge is 0.373 e. The van der Waals surface area contributed by atoms with Crippen molar-refractivity contribution >= 4 is 27.6 Å². The lowest BCUT2D eigenvalue weighted by atomic mass is 10.00. The molecule has 1 aliphatic carbocycles. The Kier molecular flexibility index (Phi) is 3.53. The molecule has 2 heterocycles. The van der Waals surface area contributed by atoms with E-state index in [1.54, 1.807) is 0 Å². The molecule has 5 heteroatoms. The molecular formula is C17H19BrN4. The lowest BCUT2D eigenvalue weighted by Gasteiger charge is -2.30. The van der Waals surface area contributed by atoms with Gasteiger partial charge in [0.25, 0.3) is 0 Å². The van der Waals surface area contributed by atoms with E-state index in [0.717, 1.165) is 41.4 Å². The van der Waals surface area contributed by atoms with Crippen molar-refractivity contribution in [1.82, 2.24) is 9.97 Å². The quantitative estimate of drug-likeness (QED) is 0.907. The Hall–Kier alpha value is -1.62. The van der Waals surface area contributed by atoms with E-state index in [4.69, 9.17) is 4.98 Å². The Morgan fingerprint density at radius 1 is 1.18 bits per heavy atom. The van der Waals surface area contributed by atoms with Crippen LogP contribution < -0.4 is 10.2 Å². The van der Waals surface area contributed by atoms with Crippen LogP contribution in [0.3, 0.4) is 0 Å². The first kappa shape index (κ1) is 14.0. The maximum absolute atomic E-state index is 4.82. The highest BCUT2D eigenvalue weighted by molar-refractivity contribution is 9.10. The van der Waals surface area contributed by atoms with Crippen molar-refractivity contribution in [3.8, 4) is 0 Å². The Morgan fingerprint density at radius 2 is 2.05 bits per heavy atom. The highest BCUT2D eigenvalue weighted by Gasteiger charge is 2.28. The monoisotopic (exact) mass is 358 g/mol. The molecule has 2 aliphatic rings. The van der Waals surface area contributed by atoms with E-state index in [9.17, 15) is 0 Å². The number of anilines is 2. The van der Waals surface area contributed by atoms with Crippen LogP contribution in [-0.2, 0) is 13.0 Å². The van der Waals surface area contributed by atoms with Gasteiger partial charge in [-0.3, -0.25) is 0 Å². The summed E-state index contributed by atoms with van der Waals surface area (Å²) in [6, 6.07) is 8.64. The van der Waals surface area contributed by atoms with Gasteiger partial charge in [-0.05, 0) is 42.5 Å². The highest BCUT2D eigenvalue weighted by atomic mass is 79.9. The van der Waals surface area contributed by atoms with Gasteiger partial charge in [-0.2, -0.15) is 0 Å². The number of hydrogen-bond acceptors (Lipinski definition) is 4. The van der Waals surface area contributed by atoms with Gasteiger partial charge in [0, 0.05) is 36.6 Å². The molecular weight excluding hydrogens is 340 g/mol. The van der Waals surface area contributed by atoms with Gasteiger partial charge in [0.2, 0.25) is 0 Å². The van der Waals surface area contributed by atoms with Crippen LogP contribution in [0, 0.1) is 0 Å². The number of nitrogens with zero attached hydrogens (tertiary/aromatic N) is 3. The maximum Gasteiger partial charge on any atom is 0.136 e. The normalized spacial score (nSPS) is 17.3. The third-order valence-electron chi connectivity index (χ3n) is 4.43. The summed E-state index contributed by atoms with van der Waals surface area (Å²) in [5, 5.41) is 3.17. The number of aromatic nitrogens is 2. The third kappa shape index (κ3) is 2.70. The summed E-state index contributed by atoms with van der Waals surface area (Å²) in [5.74, 6) is 3.55. The van der Waals surface area contributed by atoms with E-state index in [1.165, 1.54) is 24.0 Å². The van der Waals surface area contributed by atoms with Crippen molar-refractivity contribution in [3.63, 3.8) is 0 Å². The molecule has 22 heavy (non-hydrogen) atoms. The molecule has 1 saturated carbocycles. The molecule has 0 radical (unpaired) electrons. The second kappa shape index (κ2) is 5.54. The number of fused-ring (bicyclic) bond motifs is 1. The fourth-order valence-corrected chi connectivity index (χ4v) is 3.39. The van der Waals surface area contributed by atoms with E-state index in [2.05, 4.69) is 55.4 Å². The number of nitrogens with one attached hydrogen (secondary N) is 1. The second-order valence-electron chi connectivity index (χ2n) is 6.08. The molecule has 1 aliphatic heterocycles. The zero-order valence-corrected chi connectivity index (χ0v) is 14.2. The molecule has 4 rings (SSSR count). The van der Waals surface area contributed by atoms with Crippen molar-refractivity contribution in [1.29, 1.82) is 0 Å². The summed E-state index contributed by atoms with van der Waals surface area (Å²) in [6.07, 6.45) is 3.51. The summed E-state index contributed by atoms with van der Waals surface area (Å²) in [4.78, 5) is 11.8. The predicted octanol–water partition coefficient (Wildman–Crippen LogP) is 3.72. The van der Waals surface area contributed by atoms with Gasteiger partial charge in [-0.1, -0.05) is 22.0 Å². The molecule has 114 valence electrons. The molecule has 0 saturated heterocycles. The minimum Gasteiger partial charge on any atom is -0.373 e. The van der Waals surface area contributed by atoms with Gasteiger partial charge in [-0.25, -0.2) is 9.97 Å². The topological polar surface area (TPSA) is 41.0 Å². The molecule has 0 spiro atoms. The molecule has 1 fully saturated rings. The zero-order chi connectivity index (χ0) is 15.1. The SMILES string of the molecule is CNc1cc(N2CCc3cc(Br)ccc3C2)nc(C2CC2)n1. The van der Waals surface area contributed by atoms with Crippen LogP contribution in [0.15, 0.2) is 28.7 Å². The number of halogens is 1. The van der Waals surface area contributed by atoms with Crippen LogP contribution in [0.2, 0.25) is 0 Å². The van der Waals surface area contributed by atoms with E-state index < -0.39 is 0 Å². The lowest BCUT2D eigenvalue weighted by Crippen LogP contribution is -2.31. The third-order valence-corrected chi connectivity index (χ3v) is 4.93. The van der Waals surface area contributed by atoms with Crippen molar-refractivity contribution in [2.24, 2.45) is 0 Å². The molecule has 1 aromatic heterocycles. The van der Waals surface area contributed by atoms with Gasteiger partial charge in [-0.15, -0.1) is 0 Å². The lowest BCUT2D eigenvalue weighted by molar-refractivity contribution is 0.714. The second-order valence-corrected chi connectivity index (χ2v) is 6.99. The summed E-state index contributed by atoms with van der Waals surface area (Å²) < 4.78 is 1.16. The van der Waals surface area contributed by atoms with Crippen LogP contribution in [0.4, 0.5) is 11.6 Å². The minimum atomic E-state index is 0.570. The fraction of sp³-hybridized carbons (Fsp3) is 0.412. The summed E-state index contributed by atoms with van der Waals surface area (Å²) in [6.45, 7) is 1.93. The van der Waals surface area contributed by atoms with Crippen LogP contribution in [0.1, 0.15) is 35.7 Å². The number of rotatable bonds is 3.